The molecule has 0 saturated carbocycles. The number of ether oxygens (including phenoxy) is 1. The van der Waals surface area contributed by atoms with Crippen LogP contribution in [0.5, 0.6) is 5.75 Å². The molecule has 1 amide bonds. The number of amides is 1. The molecule has 0 bridgehead atoms. The number of rotatable bonds is 8. The van der Waals surface area contributed by atoms with Gasteiger partial charge >= 0.3 is 5.51 Å². The Morgan fingerprint density at radius 1 is 0.971 bits per heavy atom. The maximum absolute atomic E-state index is 13.6. The molecule has 1 saturated heterocycles. The highest BCUT2D eigenvalue weighted by atomic mass is 32.2. The minimum atomic E-state index is -5.40. The first-order valence-corrected chi connectivity index (χ1v) is 11.9. The van der Waals surface area contributed by atoms with Gasteiger partial charge < -0.3 is 9.64 Å². The van der Waals surface area contributed by atoms with E-state index in [0.29, 0.717) is 38.3 Å². The highest BCUT2D eigenvalue weighted by Gasteiger charge is 2.46. The fourth-order valence-electron chi connectivity index (χ4n) is 3.48. The number of piperazine rings is 1. The largest absolute Gasteiger partial charge is 0.501 e. The first kappa shape index (κ1) is 25.9. The van der Waals surface area contributed by atoms with E-state index in [0.717, 1.165) is 24.3 Å². The van der Waals surface area contributed by atoms with E-state index in [-0.39, 0.29) is 31.1 Å². The van der Waals surface area contributed by atoms with Gasteiger partial charge in [0.05, 0.1) is 4.90 Å². The maximum atomic E-state index is 13.6. The van der Waals surface area contributed by atoms with Crippen molar-refractivity contribution < 1.29 is 39.9 Å². The van der Waals surface area contributed by atoms with Crippen LogP contribution in [0.1, 0.15) is 12.0 Å². The number of hydrogen-bond donors (Lipinski definition) is 0. The average Bonchev–Trinajstić information content (AvgIpc) is 2.79. The second-order valence-electron chi connectivity index (χ2n) is 7.74. The van der Waals surface area contributed by atoms with Crippen molar-refractivity contribution >= 4 is 15.7 Å². The molecule has 12 heteroatoms. The molecular weight excluding hydrogens is 483 g/mol. The highest BCUT2D eigenvalue weighted by Crippen LogP contribution is 2.30. The summed E-state index contributed by atoms with van der Waals surface area (Å²) in [6.07, 6.45) is 0.404. The third kappa shape index (κ3) is 6.44. The van der Waals surface area contributed by atoms with Gasteiger partial charge in [-0.3, -0.25) is 9.69 Å². The van der Waals surface area contributed by atoms with Crippen molar-refractivity contribution in [1.82, 2.24) is 9.80 Å². The van der Waals surface area contributed by atoms with Gasteiger partial charge in [-0.2, -0.15) is 13.2 Å². The van der Waals surface area contributed by atoms with E-state index in [1.807, 2.05) is 4.90 Å². The van der Waals surface area contributed by atoms with Crippen LogP contribution in [-0.4, -0.2) is 69.0 Å². The number of carbonyl (C=O) groups excluding carboxylic acids is 1. The lowest BCUT2D eigenvalue weighted by Gasteiger charge is -2.34. The second kappa shape index (κ2) is 10.7. The van der Waals surface area contributed by atoms with Crippen LogP contribution in [0.2, 0.25) is 0 Å². The molecule has 0 atom stereocenters. The third-order valence-electron chi connectivity index (χ3n) is 5.45. The molecule has 0 N–H and O–H groups in total. The number of benzene rings is 2. The van der Waals surface area contributed by atoms with Crippen molar-refractivity contribution in [3.8, 4) is 5.75 Å². The van der Waals surface area contributed by atoms with Crippen molar-refractivity contribution in [2.75, 3.05) is 39.3 Å². The lowest BCUT2D eigenvalue weighted by Crippen LogP contribution is -2.49. The minimum absolute atomic E-state index is 0.0285. The van der Waals surface area contributed by atoms with Crippen LogP contribution in [0, 0.1) is 11.6 Å². The molecule has 1 heterocycles. The molecule has 186 valence electrons. The van der Waals surface area contributed by atoms with Gasteiger partial charge in [-0.1, -0.05) is 12.1 Å². The zero-order chi connectivity index (χ0) is 24.9. The Bertz CT molecular complexity index is 1100. The summed E-state index contributed by atoms with van der Waals surface area (Å²) in [7, 11) is -5.40. The summed E-state index contributed by atoms with van der Waals surface area (Å²) >= 11 is 0. The Kier molecular flexibility index (Phi) is 8.13. The third-order valence-corrected chi connectivity index (χ3v) is 6.95. The van der Waals surface area contributed by atoms with E-state index < -0.39 is 31.9 Å². The summed E-state index contributed by atoms with van der Waals surface area (Å²) in [5, 5.41) is 0. The quantitative estimate of drug-likeness (QED) is 0.514. The molecule has 34 heavy (non-hydrogen) atoms. The first-order valence-electron chi connectivity index (χ1n) is 10.5. The second-order valence-corrected chi connectivity index (χ2v) is 9.68. The summed E-state index contributed by atoms with van der Waals surface area (Å²) in [5.41, 5.74) is -4.81. The molecule has 1 fully saturated rings. The van der Waals surface area contributed by atoms with Crippen molar-refractivity contribution in [2.45, 2.75) is 23.2 Å². The number of aryl methyl sites for hydroxylation is 1. The van der Waals surface area contributed by atoms with Gasteiger partial charge in [-0.05, 0) is 36.2 Å². The summed E-state index contributed by atoms with van der Waals surface area (Å²) in [6, 6.07) is 7.41. The summed E-state index contributed by atoms with van der Waals surface area (Å²) in [5.74, 6) is -1.60. The van der Waals surface area contributed by atoms with E-state index in [4.69, 9.17) is 4.74 Å². The van der Waals surface area contributed by atoms with Crippen molar-refractivity contribution in [3.63, 3.8) is 0 Å². The molecule has 2 aromatic rings. The molecule has 2 aromatic carbocycles. The van der Waals surface area contributed by atoms with E-state index in [1.165, 1.54) is 18.2 Å². The molecule has 3 rings (SSSR count). The Balaban J connectivity index is 1.40. The number of alkyl halides is 3. The SMILES string of the molecule is O=C(CCc1ccc(S(=O)(=O)C(F)(F)F)cc1)N1CCN(CCOc2ccc(F)cc2F)CC1. The molecule has 0 aliphatic carbocycles. The van der Waals surface area contributed by atoms with Crippen LogP contribution in [0.3, 0.4) is 0 Å². The average molecular weight is 506 g/mol. The van der Waals surface area contributed by atoms with E-state index in [1.54, 1.807) is 4.90 Å². The van der Waals surface area contributed by atoms with Gasteiger partial charge in [-0.15, -0.1) is 0 Å². The fourth-order valence-corrected chi connectivity index (χ4v) is 4.24. The van der Waals surface area contributed by atoms with Gasteiger partial charge in [0.2, 0.25) is 5.91 Å². The Morgan fingerprint density at radius 3 is 2.21 bits per heavy atom. The predicted molar refractivity (Wildman–Crippen MR) is 113 cm³/mol. The molecule has 1 aliphatic rings. The smallest absolute Gasteiger partial charge is 0.489 e. The first-order chi connectivity index (χ1) is 16.0. The van der Waals surface area contributed by atoms with Crippen LogP contribution < -0.4 is 4.74 Å². The van der Waals surface area contributed by atoms with E-state index >= 15 is 0 Å². The van der Waals surface area contributed by atoms with Crippen LogP contribution in [0.4, 0.5) is 22.0 Å². The molecule has 0 aromatic heterocycles. The Morgan fingerprint density at radius 2 is 1.62 bits per heavy atom. The minimum Gasteiger partial charge on any atom is -0.489 e. The van der Waals surface area contributed by atoms with Gasteiger partial charge in [0.25, 0.3) is 9.84 Å². The molecule has 1 aliphatic heterocycles. The number of carbonyl (C=O) groups is 1. The van der Waals surface area contributed by atoms with Crippen molar-refractivity contribution in [3.05, 3.63) is 59.7 Å². The van der Waals surface area contributed by atoms with Crippen LogP contribution in [0.25, 0.3) is 0 Å². The summed E-state index contributed by atoms with van der Waals surface area (Å²) in [6.45, 7) is 2.84. The van der Waals surface area contributed by atoms with Gasteiger partial charge in [0.15, 0.2) is 11.6 Å². The van der Waals surface area contributed by atoms with E-state index in [2.05, 4.69) is 0 Å². The number of hydrogen-bond acceptors (Lipinski definition) is 5. The molecule has 0 spiro atoms. The van der Waals surface area contributed by atoms with Gasteiger partial charge in [0.1, 0.15) is 12.4 Å². The molecule has 0 radical (unpaired) electrons. The molecular formula is C22H23F5N2O4S. The Labute approximate surface area is 193 Å². The van der Waals surface area contributed by atoms with Gasteiger partial charge in [-0.25, -0.2) is 17.2 Å². The predicted octanol–water partition coefficient (Wildman–Crippen LogP) is 3.41. The highest BCUT2D eigenvalue weighted by molar-refractivity contribution is 7.92. The van der Waals surface area contributed by atoms with E-state index in [9.17, 15) is 35.2 Å². The standard InChI is InChI=1S/C22H23F5N2O4S/c23-17-4-7-20(19(24)15-17)33-14-13-28-9-11-29(12-10-28)21(30)8-3-16-1-5-18(6-2-16)34(31,32)22(25,26)27/h1-2,4-7,15H,3,8-14H2. The lowest BCUT2D eigenvalue weighted by atomic mass is 10.1. The van der Waals surface area contributed by atoms with Crippen molar-refractivity contribution in [2.24, 2.45) is 0 Å². The van der Waals surface area contributed by atoms with Crippen LogP contribution in [-0.2, 0) is 21.1 Å². The molecule has 6 nitrogen and oxygen atoms in total. The number of nitrogens with zero attached hydrogens (tertiary/aromatic N) is 2. The van der Waals surface area contributed by atoms with Crippen LogP contribution in [0.15, 0.2) is 47.4 Å². The maximum Gasteiger partial charge on any atom is 0.501 e. The Hall–Kier alpha value is -2.73. The van der Waals surface area contributed by atoms with Gasteiger partial charge in [0, 0.05) is 45.2 Å². The normalized spacial score (nSPS) is 15.4. The molecule has 0 unspecified atom stereocenters. The number of halogens is 5. The fraction of sp³-hybridized carbons (Fsp3) is 0.409. The van der Waals surface area contributed by atoms with Crippen molar-refractivity contribution in [1.29, 1.82) is 0 Å². The zero-order valence-corrected chi connectivity index (χ0v) is 18.8. The topological polar surface area (TPSA) is 66.9 Å². The summed E-state index contributed by atoms with van der Waals surface area (Å²) in [4.78, 5) is 15.4. The zero-order valence-electron chi connectivity index (χ0n) is 18.0. The van der Waals surface area contributed by atoms with Crippen LogP contribution >= 0.6 is 0 Å². The monoisotopic (exact) mass is 506 g/mol. The summed E-state index contributed by atoms with van der Waals surface area (Å²) < 4.78 is 92.5. The lowest BCUT2D eigenvalue weighted by molar-refractivity contribution is -0.132. The number of sulfone groups is 1.